The summed E-state index contributed by atoms with van der Waals surface area (Å²) in [6.07, 6.45) is 3.11. The van der Waals surface area contributed by atoms with Crippen LogP contribution in [-0.4, -0.2) is 57.7 Å². The molecular formula is C29H34N4O8. The van der Waals surface area contributed by atoms with Crippen molar-refractivity contribution in [1.29, 1.82) is 0 Å². The molecule has 3 amide bonds. The maximum absolute atomic E-state index is 12.6. The summed E-state index contributed by atoms with van der Waals surface area (Å²) in [5.41, 5.74) is 4.32. The number of amides is 3. The van der Waals surface area contributed by atoms with Gasteiger partial charge in [0.2, 0.25) is 0 Å². The highest BCUT2D eigenvalue weighted by molar-refractivity contribution is 5.95. The molecule has 12 nitrogen and oxygen atoms in total. The number of carbonyl (C=O) groups excluding carboxylic acids is 3. The lowest BCUT2D eigenvalue weighted by molar-refractivity contribution is -0.139. The Labute approximate surface area is 238 Å². The Kier molecular flexibility index (Phi) is 11.1. The van der Waals surface area contributed by atoms with E-state index in [9.17, 15) is 14.4 Å². The van der Waals surface area contributed by atoms with E-state index in [0.29, 0.717) is 47.3 Å². The molecule has 3 rings (SSSR count). The predicted octanol–water partition coefficient (Wildman–Crippen LogP) is 3.38. The summed E-state index contributed by atoms with van der Waals surface area (Å²) in [4.78, 5) is 37.1. The lowest BCUT2D eigenvalue weighted by atomic mass is 9.95. The summed E-state index contributed by atoms with van der Waals surface area (Å²) in [6, 6.07) is 8.91. The molecule has 0 unspecified atom stereocenters. The molecule has 1 heterocycles. The van der Waals surface area contributed by atoms with E-state index in [1.165, 1.54) is 13.3 Å². The lowest BCUT2D eigenvalue weighted by Crippen LogP contribution is -2.45. The third kappa shape index (κ3) is 8.24. The van der Waals surface area contributed by atoms with E-state index in [0.717, 1.165) is 0 Å². The second kappa shape index (κ2) is 15.0. The van der Waals surface area contributed by atoms with Crippen molar-refractivity contribution in [3.63, 3.8) is 0 Å². The molecule has 1 atom stereocenters. The molecule has 218 valence electrons. The summed E-state index contributed by atoms with van der Waals surface area (Å²) in [6.45, 7) is 9.47. The Hall–Kier alpha value is -5.00. The summed E-state index contributed by atoms with van der Waals surface area (Å²) >= 11 is 0. The van der Waals surface area contributed by atoms with Gasteiger partial charge in [0.15, 0.2) is 29.6 Å². The van der Waals surface area contributed by atoms with E-state index in [1.54, 1.807) is 56.3 Å². The van der Waals surface area contributed by atoms with Gasteiger partial charge >= 0.3 is 12.0 Å². The molecule has 0 saturated carbocycles. The van der Waals surface area contributed by atoms with E-state index < -0.39 is 23.9 Å². The van der Waals surface area contributed by atoms with E-state index in [4.69, 9.17) is 23.7 Å². The van der Waals surface area contributed by atoms with Crippen LogP contribution in [0.5, 0.6) is 23.0 Å². The minimum atomic E-state index is -0.769. The molecule has 0 fully saturated rings. The molecule has 0 saturated heterocycles. The zero-order valence-electron chi connectivity index (χ0n) is 23.4. The van der Waals surface area contributed by atoms with Crippen molar-refractivity contribution in [2.24, 2.45) is 5.10 Å². The fourth-order valence-electron chi connectivity index (χ4n) is 3.90. The van der Waals surface area contributed by atoms with Crippen molar-refractivity contribution in [1.82, 2.24) is 16.1 Å². The molecule has 1 aliphatic heterocycles. The van der Waals surface area contributed by atoms with Crippen molar-refractivity contribution in [2.45, 2.75) is 26.8 Å². The maximum atomic E-state index is 12.6. The van der Waals surface area contributed by atoms with Gasteiger partial charge in [0.25, 0.3) is 5.91 Å². The first kappa shape index (κ1) is 30.5. The third-order valence-electron chi connectivity index (χ3n) is 5.67. The van der Waals surface area contributed by atoms with E-state index >= 15 is 0 Å². The smallest absolute Gasteiger partial charge is 0.338 e. The van der Waals surface area contributed by atoms with Gasteiger partial charge in [-0.1, -0.05) is 18.7 Å². The number of benzene rings is 2. The fraction of sp³-hybridized carbons (Fsp3) is 0.310. The van der Waals surface area contributed by atoms with Crippen molar-refractivity contribution >= 4 is 24.1 Å². The van der Waals surface area contributed by atoms with Crippen LogP contribution in [0.25, 0.3) is 0 Å². The van der Waals surface area contributed by atoms with Gasteiger partial charge in [0, 0.05) is 5.70 Å². The van der Waals surface area contributed by atoms with Crippen LogP contribution in [0.3, 0.4) is 0 Å². The predicted molar refractivity (Wildman–Crippen MR) is 151 cm³/mol. The Balaban J connectivity index is 1.65. The monoisotopic (exact) mass is 566 g/mol. The average Bonchev–Trinajstić information content (AvgIpc) is 2.95. The molecular weight excluding hydrogens is 532 g/mol. The van der Waals surface area contributed by atoms with Gasteiger partial charge in [-0.2, -0.15) is 5.10 Å². The summed E-state index contributed by atoms with van der Waals surface area (Å²) in [5.74, 6) is 0.655. The number of nitrogens with zero attached hydrogens (tertiary/aromatic N) is 1. The summed E-state index contributed by atoms with van der Waals surface area (Å²) in [5, 5.41) is 9.29. The van der Waals surface area contributed by atoms with Gasteiger partial charge in [-0.15, -0.1) is 0 Å². The summed E-state index contributed by atoms with van der Waals surface area (Å²) < 4.78 is 27.4. The SMILES string of the molecule is C=CCOc1ccc(/C=N\NC(=O)COc2ccc([C@H]3NC(=O)NC(C)=C3C(=O)OCC)cc2OC)cc1OCC. The second-order valence-corrected chi connectivity index (χ2v) is 8.52. The number of carbonyl (C=O) groups is 3. The van der Waals surface area contributed by atoms with E-state index in [1.807, 2.05) is 6.92 Å². The van der Waals surface area contributed by atoms with Gasteiger partial charge in [0.1, 0.15) is 6.61 Å². The van der Waals surface area contributed by atoms with Crippen LogP contribution in [0, 0.1) is 0 Å². The minimum absolute atomic E-state index is 0.185. The quantitative estimate of drug-likeness (QED) is 0.137. The number of rotatable bonds is 14. The number of esters is 1. The molecule has 0 radical (unpaired) electrons. The number of urea groups is 1. The van der Waals surface area contributed by atoms with Crippen molar-refractivity contribution in [3.8, 4) is 23.0 Å². The molecule has 3 N–H and O–H groups in total. The highest BCUT2D eigenvalue weighted by Crippen LogP contribution is 2.34. The highest BCUT2D eigenvalue weighted by Gasteiger charge is 2.32. The van der Waals surface area contributed by atoms with Gasteiger partial charge in [-0.05, 0) is 62.2 Å². The largest absolute Gasteiger partial charge is 0.493 e. The summed E-state index contributed by atoms with van der Waals surface area (Å²) in [7, 11) is 1.44. The molecule has 2 aromatic carbocycles. The van der Waals surface area contributed by atoms with Crippen LogP contribution in [0.15, 0.2) is 65.4 Å². The average molecular weight is 567 g/mol. The van der Waals surface area contributed by atoms with Crippen molar-refractivity contribution < 1.29 is 38.1 Å². The standard InChI is InChI=1S/C29H34N4O8/c1-6-13-40-22-11-9-19(14-24(22)38-7-2)16-30-33-25(34)17-41-21-12-10-20(15-23(21)37-5)27-26(28(35)39-8-3)18(4)31-29(36)32-27/h6,9-12,14-16,27H,1,7-8,13,17H2,2-5H3,(H,33,34)(H2,31,32,36)/b30-16-/t27-/m1/s1. The van der Waals surface area contributed by atoms with Crippen LogP contribution in [-0.2, 0) is 14.3 Å². The molecule has 12 heteroatoms. The topological polar surface area (TPSA) is 146 Å². The molecule has 41 heavy (non-hydrogen) atoms. The molecule has 1 aliphatic rings. The fourth-order valence-corrected chi connectivity index (χ4v) is 3.90. The minimum Gasteiger partial charge on any atom is -0.493 e. The molecule has 0 aliphatic carbocycles. The first-order valence-corrected chi connectivity index (χ1v) is 12.9. The van der Waals surface area contributed by atoms with E-state index in [2.05, 4.69) is 27.7 Å². The third-order valence-corrected chi connectivity index (χ3v) is 5.67. The number of ether oxygens (including phenoxy) is 5. The Morgan fingerprint density at radius 2 is 1.78 bits per heavy atom. The molecule has 0 bridgehead atoms. The Morgan fingerprint density at radius 1 is 1.02 bits per heavy atom. The van der Waals surface area contributed by atoms with Gasteiger partial charge in [-0.3, -0.25) is 4.79 Å². The van der Waals surface area contributed by atoms with Crippen LogP contribution < -0.4 is 35.0 Å². The Morgan fingerprint density at radius 3 is 2.49 bits per heavy atom. The van der Waals surface area contributed by atoms with Crippen LogP contribution in [0.2, 0.25) is 0 Å². The van der Waals surface area contributed by atoms with Crippen molar-refractivity contribution in [2.75, 3.05) is 33.5 Å². The zero-order valence-corrected chi connectivity index (χ0v) is 23.4. The highest BCUT2D eigenvalue weighted by atomic mass is 16.5. The number of hydrogen-bond donors (Lipinski definition) is 3. The van der Waals surface area contributed by atoms with Crippen molar-refractivity contribution in [3.05, 3.63) is 71.5 Å². The number of hydrogen-bond acceptors (Lipinski definition) is 9. The van der Waals surface area contributed by atoms with Crippen LogP contribution in [0.1, 0.15) is 37.9 Å². The zero-order chi connectivity index (χ0) is 29.8. The molecule has 0 aromatic heterocycles. The van der Waals surface area contributed by atoms with E-state index in [-0.39, 0.29) is 24.5 Å². The molecule has 0 spiro atoms. The number of allylic oxidation sites excluding steroid dienone is 1. The maximum Gasteiger partial charge on any atom is 0.338 e. The normalized spacial score (nSPS) is 14.5. The van der Waals surface area contributed by atoms with Gasteiger partial charge < -0.3 is 34.3 Å². The van der Waals surface area contributed by atoms with Gasteiger partial charge in [0.05, 0.1) is 38.2 Å². The lowest BCUT2D eigenvalue weighted by Gasteiger charge is -2.28. The first-order chi connectivity index (χ1) is 19.8. The van der Waals surface area contributed by atoms with Crippen LogP contribution in [0.4, 0.5) is 4.79 Å². The second-order valence-electron chi connectivity index (χ2n) is 8.52. The first-order valence-electron chi connectivity index (χ1n) is 12.9. The van der Waals surface area contributed by atoms with Crippen LogP contribution >= 0.6 is 0 Å². The Bertz CT molecular complexity index is 1340. The number of nitrogens with one attached hydrogen (secondary N) is 3. The molecule has 2 aromatic rings. The number of hydrazone groups is 1. The number of methoxy groups -OCH3 is 1. The van der Waals surface area contributed by atoms with Gasteiger partial charge in [-0.25, -0.2) is 15.0 Å².